The average molecular weight is 473 g/mol. The Labute approximate surface area is 200 Å². The number of carbonyl (C=O) groups excluding carboxylic acids is 3. The number of hydrogen-bond acceptors (Lipinski definition) is 7. The summed E-state index contributed by atoms with van der Waals surface area (Å²) in [5.41, 5.74) is 0.819. The SMILES string of the molecule is CC.CC1(CC(CC(=O)N2CCOCC2)C(=O)NCC(=O)c2nc3ncccc3o2)CCCC1. The van der Waals surface area contributed by atoms with E-state index in [1.165, 1.54) is 0 Å². The van der Waals surface area contributed by atoms with Gasteiger partial charge in [-0.25, -0.2) is 4.98 Å². The van der Waals surface area contributed by atoms with E-state index in [4.69, 9.17) is 9.15 Å². The van der Waals surface area contributed by atoms with Gasteiger partial charge in [-0.15, -0.1) is 0 Å². The minimum absolute atomic E-state index is 0.0357. The topological polar surface area (TPSA) is 115 Å². The molecule has 9 nitrogen and oxygen atoms in total. The number of aromatic nitrogens is 2. The number of morpholine rings is 1. The summed E-state index contributed by atoms with van der Waals surface area (Å²) in [5.74, 6) is -1.30. The van der Waals surface area contributed by atoms with E-state index in [9.17, 15) is 14.4 Å². The molecule has 4 rings (SSSR count). The van der Waals surface area contributed by atoms with Crippen LogP contribution < -0.4 is 5.32 Å². The highest BCUT2D eigenvalue weighted by Gasteiger charge is 2.36. The highest BCUT2D eigenvalue weighted by Crippen LogP contribution is 2.43. The number of amides is 2. The van der Waals surface area contributed by atoms with Gasteiger partial charge in [-0.1, -0.05) is 33.6 Å². The minimum Gasteiger partial charge on any atom is -0.432 e. The molecule has 1 saturated heterocycles. The number of hydrogen-bond donors (Lipinski definition) is 1. The Hall–Kier alpha value is -2.81. The predicted octanol–water partition coefficient (Wildman–Crippen LogP) is 3.38. The largest absolute Gasteiger partial charge is 0.432 e. The number of rotatable bonds is 8. The number of ketones is 1. The molecule has 1 atom stereocenters. The van der Waals surface area contributed by atoms with Crippen molar-refractivity contribution in [3.05, 3.63) is 24.2 Å². The number of carbonyl (C=O) groups is 3. The molecule has 3 heterocycles. The molecular weight excluding hydrogens is 436 g/mol. The summed E-state index contributed by atoms with van der Waals surface area (Å²) in [6, 6.07) is 3.38. The lowest BCUT2D eigenvalue weighted by Crippen LogP contribution is -2.44. The summed E-state index contributed by atoms with van der Waals surface area (Å²) in [5, 5.41) is 2.72. The second-order valence-corrected chi connectivity index (χ2v) is 9.10. The van der Waals surface area contributed by atoms with Gasteiger partial charge in [0.1, 0.15) is 0 Å². The molecule has 1 unspecified atom stereocenters. The van der Waals surface area contributed by atoms with E-state index < -0.39 is 11.7 Å². The molecule has 186 valence electrons. The summed E-state index contributed by atoms with van der Waals surface area (Å²) in [7, 11) is 0. The zero-order chi connectivity index (χ0) is 24.6. The fourth-order valence-electron chi connectivity index (χ4n) is 4.71. The fraction of sp³-hybridized carbons (Fsp3) is 0.640. The van der Waals surface area contributed by atoms with Crippen molar-refractivity contribution < 1.29 is 23.5 Å². The molecule has 1 aliphatic heterocycles. The van der Waals surface area contributed by atoms with Crippen LogP contribution in [-0.4, -0.2) is 65.3 Å². The van der Waals surface area contributed by atoms with Gasteiger partial charge in [0.25, 0.3) is 5.89 Å². The molecule has 1 N–H and O–H groups in total. The summed E-state index contributed by atoms with van der Waals surface area (Å²) >= 11 is 0. The first kappa shape index (κ1) is 25.8. The third-order valence-electron chi connectivity index (χ3n) is 6.53. The van der Waals surface area contributed by atoms with Gasteiger partial charge in [0.15, 0.2) is 11.2 Å². The minimum atomic E-state index is -0.480. The summed E-state index contributed by atoms with van der Waals surface area (Å²) in [6.07, 6.45) is 6.74. The highest BCUT2D eigenvalue weighted by atomic mass is 16.5. The molecule has 0 bridgehead atoms. The van der Waals surface area contributed by atoms with E-state index in [0.717, 1.165) is 25.7 Å². The molecule has 2 aromatic rings. The molecule has 0 radical (unpaired) electrons. The first-order valence-electron chi connectivity index (χ1n) is 12.3. The van der Waals surface area contributed by atoms with E-state index in [-0.39, 0.29) is 36.1 Å². The Morgan fingerprint density at radius 3 is 2.56 bits per heavy atom. The number of Topliss-reactive ketones (excluding diaryl/α,β-unsaturated/α-hetero) is 1. The number of ether oxygens (including phenoxy) is 1. The van der Waals surface area contributed by atoms with Crippen LogP contribution in [-0.2, 0) is 14.3 Å². The number of nitrogens with zero attached hydrogens (tertiary/aromatic N) is 3. The molecule has 2 fully saturated rings. The highest BCUT2D eigenvalue weighted by molar-refractivity contribution is 5.97. The maximum atomic E-state index is 13.1. The van der Waals surface area contributed by atoms with Gasteiger partial charge in [0.2, 0.25) is 17.6 Å². The van der Waals surface area contributed by atoms with E-state index in [0.29, 0.717) is 44.0 Å². The normalized spacial score (nSPS) is 18.1. The first-order chi connectivity index (χ1) is 16.4. The fourth-order valence-corrected chi connectivity index (χ4v) is 4.71. The Morgan fingerprint density at radius 1 is 1.18 bits per heavy atom. The molecule has 1 saturated carbocycles. The molecule has 2 amide bonds. The van der Waals surface area contributed by atoms with Crippen molar-refractivity contribution in [3.63, 3.8) is 0 Å². The molecule has 9 heteroatoms. The maximum absolute atomic E-state index is 13.1. The Bertz CT molecular complexity index is 944. The van der Waals surface area contributed by atoms with Crippen LogP contribution >= 0.6 is 0 Å². The van der Waals surface area contributed by atoms with E-state index in [1.54, 1.807) is 23.2 Å². The van der Waals surface area contributed by atoms with Crippen molar-refractivity contribution in [1.29, 1.82) is 0 Å². The van der Waals surface area contributed by atoms with Gasteiger partial charge >= 0.3 is 0 Å². The van der Waals surface area contributed by atoms with Crippen LogP contribution in [0.2, 0.25) is 0 Å². The summed E-state index contributed by atoms with van der Waals surface area (Å²) in [6.45, 7) is 8.10. The Morgan fingerprint density at radius 2 is 1.88 bits per heavy atom. The monoisotopic (exact) mass is 472 g/mol. The lowest BCUT2D eigenvalue weighted by molar-refractivity contribution is -0.140. The molecule has 0 aromatic carbocycles. The van der Waals surface area contributed by atoms with Gasteiger partial charge in [0.05, 0.1) is 19.8 Å². The van der Waals surface area contributed by atoms with Crippen LogP contribution in [0, 0.1) is 11.3 Å². The van der Waals surface area contributed by atoms with Crippen molar-refractivity contribution >= 4 is 28.8 Å². The van der Waals surface area contributed by atoms with Crippen molar-refractivity contribution in [2.45, 2.75) is 59.3 Å². The quantitative estimate of drug-likeness (QED) is 0.586. The van der Waals surface area contributed by atoms with Crippen molar-refractivity contribution in [2.75, 3.05) is 32.8 Å². The second kappa shape index (κ2) is 12.1. The first-order valence-corrected chi connectivity index (χ1v) is 12.3. The molecule has 0 spiro atoms. The smallest absolute Gasteiger partial charge is 0.267 e. The van der Waals surface area contributed by atoms with Gasteiger partial charge in [-0.05, 0) is 36.8 Å². The number of oxazole rings is 1. The lowest BCUT2D eigenvalue weighted by atomic mass is 9.78. The van der Waals surface area contributed by atoms with Crippen molar-refractivity contribution in [1.82, 2.24) is 20.2 Å². The summed E-state index contributed by atoms with van der Waals surface area (Å²) < 4.78 is 10.8. The van der Waals surface area contributed by atoms with E-state index >= 15 is 0 Å². The molecular formula is C25H36N4O5. The molecule has 2 aromatic heterocycles. The van der Waals surface area contributed by atoms with Crippen LogP contribution in [0.4, 0.5) is 0 Å². The van der Waals surface area contributed by atoms with Crippen LogP contribution in [0.1, 0.15) is 70.0 Å². The van der Waals surface area contributed by atoms with Gasteiger partial charge < -0.3 is 19.4 Å². The van der Waals surface area contributed by atoms with Crippen LogP contribution in [0.5, 0.6) is 0 Å². The predicted molar refractivity (Wildman–Crippen MR) is 127 cm³/mol. The molecule has 34 heavy (non-hydrogen) atoms. The zero-order valence-electron chi connectivity index (χ0n) is 20.5. The standard InChI is InChI=1S/C23H30N4O5.C2H6/c1-23(6-2-3-7-23)14-16(13-19(29)27-9-11-31-12-10-27)21(30)25-15-17(28)22-26-20-18(32-22)5-4-8-24-20;1-2/h4-5,8,16H,2-3,6-7,9-15H2,1H3,(H,25,30);1-2H3. The number of nitrogens with one attached hydrogen (secondary N) is 1. The lowest BCUT2D eigenvalue weighted by Gasteiger charge is -2.31. The van der Waals surface area contributed by atoms with Crippen LogP contribution in [0.15, 0.2) is 22.7 Å². The average Bonchev–Trinajstić information content (AvgIpc) is 3.50. The van der Waals surface area contributed by atoms with E-state index in [1.807, 2.05) is 13.8 Å². The van der Waals surface area contributed by atoms with E-state index in [2.05, 4.69) is 22.2 Å². The number of pyridine rings is 1. The van der Waals surface area contributed by atoms with Gasteiger partial charge in [-0.3, -0.25) is 14.4 Å². The number of fused-ring (bicyclic) bond motifs is 1. The second-order valence-electron chi connectivity index (χ2n) is 9.10. The van der Waals surface area contributed by atoms with Crippen molar-refractivity contribution in [2.24, 2.45) is 11.3 Å². The Kier molecular flexibility index (Phi) is 9.15. The summed E-state index contributed by atoms with van der Waals surface area (Å²) in [4.78, 5) is 48.4. The van der Waals surface area contributed by atoms with Crippen LogP contribution in [0.3, 0.4) is 0 Å². The third kappa shape index (κ3) is 6.62. The zero-order valence-corrected chi connectivity index (χ0v) is 20.5. The van der Waals surface area contributed by atoms with Crippen LogP contribution in [0.25, 0.3) is 11.2 Å². The van der Waals surface area contributed by atoms with Gasteiger partial charge in [0, 0.05) is 31.6 Å². The molecule has 2 aliphatic rings. The van der Waals surface area contributed by atoms with Gasteiger partial charge in [-0.2, -0.15) is 4.98 Å². The molecule has 1 aliphatic carbocycles. The van der Waals surface area contributed by atoms with Crippen molar-refractivity contribution in [3.8, 4) is 0 Å². The Balaban J connectivity index is 0.00000158. The maximum Gasteiger partial charge on any atom is 0.267 e. The third-order valence-corrected chi connectivity index (χ3v) is 6.53.